The minimum absolute atomic E-state index is 0.819. The van der Waals surface area contributed by atoms with Crippen LogP contribution in [0.2, 0.25) is 0 Å². The van der Waals surface area contributed by atoms with Gasteiger partial charge in [-0.25, -0.2) is 0 Å². The number of nitrogens with zero attached hydrogens (tertiary/aromatic N) is 2. The molecule has 302 valence electrons. The fourth-order valence-corrected chi connectivity index (χ4v) is 9.56. The zero-order chi connectivity index (χ0) is 42.6. The lowest BCUT2D eigenvalue weighted by Gasteiger charge is -2.30. The molecule has 0 fully saturated rings. The van der Waals surface area contributed by atoms with Gasteiger partial charge in [-0.3, -0.25) is 0 Å². The van der Waals surface area contributed by atoms with Crippen LogP contribution in [-0.4, -0.2) is 0 Å². The van der Waals surface area contributed by atoms with Crippen molar-refractivity contribution in [2.75, 3.05) is 9.80 Å². The van der Waals surface area contributed by atoms with E-state index in [1.54, 1.807) is 0 Å². The molecule has 0 radical (unpaired) electrons. The number of benzene rings is 9. The number of anilines is 6. The largest absolute Gasteiger partial charge is 0.456 e. The summed E-state index contributed by atoms with van der Waals surface area (Å²) in [6.07, 6.45) is 0. The molecule has 9 aromatic carbocycles. The highest BCUT2D eigenvalue weighted by Gasteiger charge is 2.22. The number of hydrogen-bond donors (Lipinski definition) is 0. The average Bonchev–Trinajstić information content (AvgIpc) is 3.82. The van der Waals surface area contributed by atoms with Gasteiger partial charge in [-0.2, -0.15) is 0 Å². The second-order valence-electron chi connectivity index (χ2n) is 17.3. The van der Waals surface area contributed by atoms with E-state index < -0.39 is 0 Å². The van der Waals surface area contributed by atoms with E-state index in [4.69, 9.17) is 8.83 Å². The highest BCUT2D eigenvalue weighted by Crippen LogP contribution is 2.46. The molecule has 0 bridgehead atoms. The number of furan rings is 2. The van der Waals surface area contributed by atoms with Crippen LogP contribution < -0.4 is 9.80 Å². The molecule has 0 unspecified atom stereocenters. The van der Waals surface area contributed by atoms with Gasteiger partial charge in [0.05, 0.1) is 5.39 Å². The number of rotatable bonds is 6. The molecule has 4 heteroatoms. The summed E-state index contributed by atoms with van der Waals surface area (Å²) >= 11 is 0. The predicted molar refractivity (Wildman–Crippen MR) is 263 cm³/mol. The maximum absolute atomic E-state index is 6.90. The third-order valence-electron chi connectivity index (χ3n) is 13.7. The molecule has 11 rings (SSSR count). The van der Waals surface area contributed by atoms with Gasteiger partial charge in [-0.05, 0) is 206 Å². The Morgan fingerprint density at radius 3 is 1.19 bits per heavy atom. The molecule has 0 N–H and O–H groups in total. The highest BCUT2D eigenvalue weighted by atomic mass is 16.3. The van der Waals surface area contributed by atoms with E-state index in [0.29, 0.717) is 0 Å². The predicted octanol–water partition coefficient (Wildman–Crippen LogP) is 17.2. The van der Waals surface area contributed by atoms with Crippen LogP contribution >= 0.6 is 0 Å². The molecule has 0 saturated heterocycles. The third kappa shape index (κ3) is 5.81. The van der Waals surface area contributed by atoms with Crippen molar-refractivity contribution in [3.8, 4) is 0 Å². The van der Waals surface area contributed by atoms with Crippen molar-refractivity contribution in [3.05, 3.63) is 190 Å². The van der Waals surface area contributed by atoms with Crippen LogP contribution in [0.5, 0.6) is 0 Å². The minimum Gasteiger partial charge on any atom is -0.456 e. The maximum atomic E-state index is 6.90. The zero-order valence-corrected chi connectivity index (χ0v) is 36.6. The molecule has 2 heterocycles. The molecule has 2 aromatic heterocycles. The molecule has 0 spiro atoms. The standard InChI is InChI=1S/C58H48N2O2/c1-33-13-9-17-50(37(33)5)59(51-18-10-14-34(2)38(51)6)45-23-21-41-29-48-47-25-26-54-57(58(47)62-55(48)31-43(41)27-45)49-30-42-22-24-46(28-44(42)32-56(49)61-54)60(52-19-11-15-35(3)39(52)7)53-20-12-16-36(4)40(53)8/h9-32H,1-8H3. The normalized spacial score (nSPS) is 11.9. The quantitative estimate of drug-likeness (QED) is 0.168. The second kappa shape index (κ2) is 14.1. The molecule has 0 saturated carbocycles. The summed E-state index contributed by atoms with van der Waals surface area (Å²) in [5.74, 6) is 0. The minimum atomic E-state index is 0.819. The maximum Gasteiger partial charge on any atom is 0.147 e. The summed E-state index contributed by atoms with van der Waals surface area (Å²) in [7, 11) is 0. The first-order chi connectivity index (χ1) is 30.0. The Labute approximate surface area is 362 Å². The van der Waals surface area contributed by atoms with Crippen LogP contribution in [0, 0.1) is 55.4 Å². The van der Waals surface area contributed by atoms with Crippen molar-refractivity contribution in [2.45, 2.75) is 55.4 Å². The van der Waals surface area contributed by atoms with Gasteiger partial charge in [0, 0.05) is 50.3 Å². The van der Waals surface area contributed by atoms with Crippen molar-refractivity contribution in [1.29, 1.82) is 0 Å². The van der Waals surface area contributed by atoms with Gasteiger partial charge < -0.3 is 18.6 Å². The fraction of sp³-hybridized carbons (Fsp3) is 0.138. The van der Waals surface area contributed by atoms with Gasteiger partial charge in [0.2, 0.25) is 0 Å². The SMILES string of the molecule is Cc1cccc(N(c2ccc3cc4c(cc3c2)oc2c4ccc3oc4cc5cc(N(c6cccc(C)c6C)c6cccc(C)c6C)ccc5cc4c32)c2cccc(C)c2C)c1C. The lowest BCUT2D eigenvalue weighted by atomic mass is 10.0. The molecule has 0 amide bonds. The van der Waals surface area contributed by atoms with E-state index in [9.17, 15) is 0 Å². The summed E-state index contributed by atoms with van der Waals surface area (Å²) in [6, 6.07) is 53.1. The van der Waals surface area contributed by atoms with E-state index in [-0.39, 0.29) is 0 Å². The highest BCUT2D eigenvalue weighted by molar-refractivity contribution is 6.24. The van der Waals surface area contributed by atoms with Gasteiger partial charge >= 0.3 is 0 Å². The third-order valence-corrected chi connectivity index (χ3v) is 13.7. The van der Waals surface area contributed by atoms with Gasteiger partial charge in [-0.15, -0.1) is 0 Å². The molecule has 62 heavy (non-hydrogen) atoms. The number of fused-ring (bicyclic) bond motifs is 9. The van der Waals surface area contributed by atoms with Crippen LogP contribution in [0.15, 0.2) is 154 Å². The Balaban J connectivity index is 1.05. The summed E-state index contributed by atoms with van der Waals surface area (Å²) in [6.45, 7) is 17.6. The van der Waals surface area contributed by atoms with Crippen LogP contribution in [0.4, 0.5) is 34.1 Å². The molecule has 0 aliphatic carbocycles. The van der Waals surface area contributed by atoms with E-state index in [1.807, 2.05) is 0 Å². The van der Waals surface area contributed by atoms with Gasteiger partial charge in [-0.1, -0.05) is 60.7 Å². The molecule has 4 nitrogen and oxygen atoms in total. The molecule has 0 atom stereocenters. The van der Waals surface area contributed by atoms with Crippen molar-refractivity contribution >= 4 is 99.5 Å². The summed E-state index contributed by atoms with van der Waals surface area (Å²) < 4.78 is 13.6. The Kier molecular flexibility index (Phi) is 8.59. The van der Waals surface area contributed by atoms with E-state index >= 15 is 0 Å². The Bertz CT molecular complexity index is 3540. The number of aryl methyl sites for hydroxylation is 4. The van der Waals surface area contributed by atoms with Crippen LogP contribution in [0.25, 0.3) is 65.4 Å². The van der Waals surface area contributed by atoms with Crippen molar-refractivity contribution in [2.24, 2.45) is 0 Å². The van der Waals surface area contributed by atoms with Crippen LogP contribution in [0.3, 0.4) is 0 Å². The second-order valence-corrected chi connectivity index (χ2v) is 17.3. The van der Waals surface area contributed by atoms with Gasteiger partial charge in [0.25, 0.3) is 0 Å². The summed E-state index contributed by atoms with van der Waals surface area (Å²) in [4.78, 5) is 4.81. The Morgan fingerprint density at radius 1 is 0.323 bits per heavy atom. The van der Waals surface area contributed by atoms with Crippen molar-refractivity contribution < 1.29 is 8.83 Å². The van der Waals surface area contributed by atoms with Gasteiger partial charge in [0.1, 0.15) is 22.3 Å². The Morgan fingerprint density at radius 2 is 0.742 bits per heavy atom. The molecular formula is C58H48N2O2. The topological polar surface area (TPSA) is 32.8 Å². The monoisotopic (exact) mass is 804 g/mol. The van der Waals surface area contributed by atoms with E-state index in [2.05, 4.69) is 211 Å². The molecule has 0 aliphatic heterocycles. The lowest BCUT2D eigenvalue weighted by molar-refractivity contribution is 0.663. The van der Waals surface area contributed by atoms with E-state index in [0.717, 1.165) is 71.4 Å². The van der Waals surface area contributed by atoms with Crippen molar-refractivity contribution in [3.63, 3.8) is 0 Å². The molecule has 11 aromatic rings. The van der Waals surface area contributed by atoms with Crippen LogP contribution in [0.1, 0.15) is 44.5 Å². The smallest absolute Gasteiger partial charge is 0.147 e. The lowest BCUT2D eigenvalue weighted by Crippen LogP contribution is -2.13. The first kappa shape index (κ1) is 37.7. The Hall–Kier alpha value is -7.30. The summed E-state index contributed by atoms with van der Waals surface area (Å²) in [5.41, 5.74) is 20.5. The number of hydrogen-bond acceptors (Lipinski definition) is 4. The van der Waals surface area contributed by atoms with Crippen molar-refractivity contribution in [1.82, 2.24) is 0 Å². The van der Waals surface area contributed by atoms with E-state index in [1.165, 1.54) is 72.6 Å². The van der Waals surface area contributed by atoms with Gasteiger partial charge in [0.15, 0.2) is 0 Å². The fourth-order valence-electron chi connectivity index (χ4n) is 9.56. The average molecular weight is 805 g/mol. The molecule has 0 aliphatic rings. The molecular weight excluding hydrogens is 757 g/mol. The first-order valence-corrected chi connectivity index (χ1v) is 21.6. The van der Waals surface area contributed by atoms with Crippen LogP contribution in [-0.2, 0) is 0 Å². The first-order valence-electron chi connectivity index (χ1n) is 21.6. The zero-order valence-electron chi connectivity index (χ0n) is 36.6. The summed E-state index contributed by atoms with van der Waals surface area (Å²) in [5, 5.41) is 8.80.